The Hall–Kier alpha value is -2.56. The Balaban J connectivity index is 1.31. The molecular weight excluding hydrogens is 341 g/mol. The van der Waals surface area contributed by atoms with Gasteiger partial charge in [0.1, 0.15) is 5.82 Å². The van der Waals surface area contributed by atoms with Crippen LogP contribution in [-0.2, 0) is 6.42 Å². The monoisotopic (exact) mass is 367 g/mol. The first-order valence-electron chi connectivity index (χ1n) is 9.75. The third-order valence-corrected chi connectivity index (χ3v) is 5.82. The highest BCUT2D eigenvalue weighted by atomic mass is 19.1. The van der Waals surface area contributed by atoms with Gasteiger partial charge in [-0.05, 0) is 55.4 Å². The number of halogens is 1. The molecule has 2 aromatic rings. The number of likely N-dealkylation sites (tertiary alicyclic amines) is 1. The molecule has 0 spiro atoms. The molecule has 142 valence electrons. The number of rotatable bonds is 3. The summed E-state index contributed by atoms with van der Waals surface area (Å²) in [4.78, 5) is 16.8. The van der Waals surface area contributed by atoms with E-state index in [4.69, 9.17) is 0 Å². The number of urea groups is 1. The predicted octanol–water partition coefficient (Wildman–Crippen LogP) is 4.44. The molecule has 2 aliphatic rings. The molecule has 1 fully saturated rings. The number of hydrogen-bond acceptors (Lipinski definition) is 2. The van der Waals surface area contributed by atoms with Gasteiger partial charge in [-0.3, -0.25) is 0 Å². The summed E-state index contributed by atoms with van der Waals surface area (Å²) < 4.78 is 13.9. The van der Waals surface area contributed by atoms with Crippen LogP contribution in [0.5, 0.6) is 0 Å². The van der Waals surface area contributed by atoms with Gasteiger partial charge in [-0.25, -0.2) is 9.18 Å². The minimum Gasteiger partial charge on any atom is -0.371 e. The van der Waals surface area contributed by atoms with E-state index < -0.39 is 0 Å². The SMILES string of the molecule is Cc1cccc(F)c1NC(=O)N1CCC(CN2CCc3ccccc32)CC1. The first-order chi connectivity index (χ1) is 13.1. The maximum atomic E-state index is 13.9. The summed E-state index contributed by atoms with van der Waals surface area (Å²) in [5.41, 5.74) is 3.84. The molecular formula is C22H26FN3O. The number of carbonyl (C=O) groups excluding carboxylic acids is 1. The van der Waals surface area contributed by atoms with Crippen LogP contribution in [0.15, 0.2) is 42.5 Å². The van der Waals surface area contributed by atoms with Gasteiger partial charge in [0.15, 0.2) is 0 Å². The van der Waals surface area contributed by atoms with Gasteiger partial charge >= 0.3 is 6.03 Å². The van der Waals surface area contributed by atoms with Crippen molar-refractivity contribution in [3.05, 3.63) is 59.4 Å². The molecule has 0 aromatic heterocycles. The highest BCUT2D eigenvalue weighted by Gasteiger charge is 2.27. The third-order valence-electron chi connectivity index (χ3n) is 5.82. The Morgan fingerprint density at radius 1 is 1.11 bits per heavy atom. The number of amides is 2. The van der Waals surface area contributed by atoms with E-state index in [0.29, 0.717) is 11.6 Å². The van der Waals surface area contributed by atoms with Crippen molar-refractivity contribution in [2.24, 2.45) is 5.92 Å². The highest BCUT2D eigenvalue weighted by molar-refractivity contribution is 5.90. The van der Waals surface area contributed by atoms with E-state index in [9.17, 15) is 9.18 Å². The summed E-state index contributed by atoms with van der Waals surface area (Å²) in [5.74, 6) is 0.210. The normalized spacial score (nSPS) is 17.1. The summed E-state index contributed by atoms with van der Waals surface area (Å²) in [7, 11) is 0. The number of anilines is 2. The second-order valence-electron chi connectivity index (χ2n) is 7.62. The molecule has 1 saturated heterocycles. The van der Waals surface area contributed by atoms with Crippen LogP contribution in [0.4, 0.5) is 20.6 Å². The molecule has 0 bridgehead atoms. The van der Waals surface area contributed by atoms with Crippen LogP contribution in [0.2, 0.25) is 0 Å². The fourth-order valence-corrected chi connectivity index (χ4v) is 4.20. The van der Waals surface area contributed by atoms with Gasteiger partial charge in [-0.1, -0.05) is 30.3 Å². The number of carbonyl (C=O) groups is 1. The number of benzene rings is 2. The number of para-hydroxylation sites is 2. The minimum absolute atomic E-state index is 0.201. The molecule has 2 amide bonds. The Labute approximate surface area is 160 Å². The molecule has 0 aliphatic carbocycles. The van der Waals surface area contributed by atoms with Crippen molar-refractivity contribution in [3.63, 3.8) is 0 Å². The van der Waals surface area contributed by atoms with Crippen molar-refractivity contribution >= 4 is 17.4 Å². The summed E-state index contributed by atoms with van der Waals surface area (Å²) in [6, 6.07) is 13.3. The van der Waals surface area contributed by atoms with E-state index in [2.05, 4.69) is 34.5 Å². The molecule has 2 heterocycles. The molecule has 1 N–H and O–H groups in total. The van der Waals surface area contributed by atoms with Crippen molar-refractivity contribution < 1.29 is 9.18 Å². The summed E-state index contributed by atoms with van der Waals surface area (Å²) in [5, 5.41) is 2.75. The molecule has 0 atom stereocenters. The van der Waals surface area contributed by atoms with Crippen LogP contribution < -0.4 is 10.2 Å². The average Bonchev–Trinajstić information content (AvgIpc) is 3.08. The Morgan fingerprint density at radius 3 is 2.67 bits per heavy atom. The average molecular weight is 367 g/mol. The minimum atomic E-state index is -0.383. The zero-order valence-electron chi connectivity index (χ0n) is 15.7. The van der Waals surface area contributed by atoms with E-state index >= 15 is 0 Å². The zero-order valence-corrected chi connectivity index (χ0v) is 15.7. The van der Waals surface area contributed by atoms with Gasteiger partial charge in [-0.15, -0.1) is 0 Å². The molecule has 2 aliphatic heterocycles. The first kappa shape index (κ1) is 17.8. The summed E-state index contributed by atoms with van der Waals surface area (Å²) >= 11 is 0. The molecule has 27 heavy (non-hydrogen) atoms. The quantitative estimate of drug-likeness (QED) is 0.870. The number of fused-ring (bicyclic) bond motifs is 1. The van der Waals surface area contributed by atoms with Crippen molar-refractivity contribution in [1.29, 1.82) is 0 Å². The van der Waals surface area contributed by atoms with Crippen LogP contribution in [-0.4, -0.2) is 37.1 Å². The van der Waals surface area contributed by atoms with E-state index in [1.165, 1.54) is 17.3 Å². The Morgan fingerprint density at radius 2 is 1.89 bits per heavy atom. The number of aryl methyl sites for hydroxylation is 1. The zero-order chi connectivity index (χ0) is 18.8. The van der Waals surface area contributed by atoms with Crippen LogP contribution in [0.1, 0.15) is 24.0 Å². The molecule has 2 aromatic carbocycles. The molecule has 4 rings (SSSR count). The van der Waals surface area contributed by atoms with Crippen LogP contribution >= 0.6 is 0 Å². The lowest BCUT2D eigenvalue weighted by Gasteiger charge is -2.34. The maximum Gasteiger partial charge on any atom is 0.321 e. The second kappa shape index (κ2) is 7.59. The number of nitrogens with zero attached hydrogens (tertiary/aromatic N) is 2. The smallest absolute Gasteiger partial charge is 0.321 e. The van der Waals surface area contributed by atoms with E-state index in [1.54, 1.807) is 24.0 Å². The van der Waals surface area contributed by atoms with Crippen LogP contribution in [0, 0.1) is 18.7 Å². The van der Waals surface area contributed by atoms with E-state index in [1.807, 2.05) is 0 Å². The fraction of sp³-hybridized carbons (Fsp3) is 0.409. The Kier molecular flexibility index (Phi) is 5.01. The second-order valence-corrected chi connectivity index (χ2v) is 7.62. The van der Waals surface area contributed by atoms with Gasteiger partial charge in [0.25, 0.3) is 0 Å². The number of hydrogen-bond donors (Lipinski definition) is 1. The third kappa shape index (κ3) is 3.77. The van der Waals surface area contributed by atoms with Gasteiger partial charge in [-0.2, -0.15) is 0 Å². The highest BCUT2D eigenvalue weighted by Crippen LogP contribution is 2.30. The Bertz CT molecular complexity index is 810. The fourth-order valence-electron chi connectivity index (χ4n) is 4.20. The van der Waals surface area contributed by atoms with Crippen molar-refractivity contribution in [3.8, 4) is 0 Å². The molecule has 0 radical (unpaired) electrons. The largest absolute Gasteiger partial charge is 0.371 e. The number of piperidine rings is 1. The van der Waals surface area contributed by atoms with Crippen LogP contribution in [0.3, 0.4) is 0 Å². The predicted molar refractivity (Wildman–Crippen MR) is 107 cm³/mol. The standard InChI is InChI=1S/C22H26FN3O/c1-16-5-4-7-19(23)21(16)24-22(27)25-12-9-17(10-13-25)15-26-14-11-18-6-2-3-8-20(18)26/h2-8,17H,9-15H2,1H3,(H,24,27). The van der Waals surface area contributed by atoms with Crippen molar-refractivity contribution in [1.82, 2.24) is 4.90 Å². The maximum absolute atomic E-state index is 13.9. The van der Waals surface area contributed by atoms with Crippen LogP contribution in [0.25, 0.3) is 0 Å². The first-order valence-corrected chi connectivity index (χ1v) is 9.75. The van der Waals surface area contributed by atoms with Crippen molar-refractivity contribution in [2.75, 3.05) is 36.4 Å². The topological polar surface area (TPSA) is 35.6 Å². The lowest BCUT2D eigenvalue weighted by atomic mass is 9.96. The van der Waals surface area contributed by atoms with Gasteiger partial charge in [0, 0.05) is 31.9 Å². The molecule has 4 nitrogen and oxygen atoms in total. The van der Waals surface area contributed by atoms with E-state index in [-0.39, 0.29) is 11.8 Å². The van der Waals surface area contributed by atoms with Gasteiger partial charge in [0.2, 0.25) is 0 Å². The van der Waals surface area contributed by atoms with Gasteiger partial charge in [0.05, 0.1) is 5.69 Å². The number of nitrogens with one attached hydrogen (secondary N) is 1. The van der Waals surface area contributed by atoms with E-state index in [0.717, 1.165) is 51.0 Å². The lowest BCUT2D eigenvalue weighted by Crippen LogP contribution is -2.43. The molecule has 5 heteroatoms. The summed E-state index contributed by atoms with van der Waals surface area (Å²) in [6.45, 7) is 5.39. The molecule has 0 unspecified atom stereocenters. The lowest BCUT2D eigenvalue weighted by molar-refractivity contribution is 0.183. The van der Waals surface area contributed by atoms with Gasteiger partial charge < -0.3 is 15.1 Å². The van der Waals surface area contributed by atoms with Crippen molar-refractivity contribution in [2.45, 2.75) is 26.2 Å². The summed E-state index contributed by atoms with van der Waals surface area (Å²) in [6.07, 6.45) is 3.10. The molecule has 0 saturated carbocycles.